The van der Waals surface area contributed by atoms with Crippen molar-refractivity contribution in [1.29, 1.82) is 0 Å². The SMILES string of the molecule is C=CC(=O)OCCNC(=O)OCC(/C=C(/NO)OCCOC(=O)C=C)(COC(=O)NCCOC(=O)C=C)COC(=O)C(C)Oc1ccc(-c2nc(-c3ccc(-c4ccccc4)cc3)nc(-c3ccc(-c4ccccc4)cc3)n2)c(O)c1. The van der Waals surface area contributed by atoms with Crippen LogP contribution in [0.25, 0.3) is 56.4 Å². The van der Waals surface area contributed by atoms with Gasteiger partial charge in [-0.2, -0.15) is 0 Å². The first-order valence-corrected chi connectivity index (χ1v) is 24.9. The zero-order chi connectivity index (χ0) is 58.0. The number of rotatable bonds is 29. The molecule has 0 saturated carbocycles. The van der Waals surface area contributed by atoms with E-state index >= 15 is 0 Å². The average molecular weight is 1110 g/mol. The molecule has 420 valence electrons. The standard InChI is InChI=1S/C59H58N6O16/c1-5-50(67)75-30-28-60-57(71)79-37-59(35-49(65-73)74-32-33-77-52(69)7-3,38-80-58(72)61-29-31-76-51(68)6-2)36-78-56(70)39(4)81-46-26-27-47(48(66)34-46)55-63-53(44-22-18-42(19-23-44)40-14-10-8-11-15-40)62-54(64-55)45-24-20-43(21-25-45)41-16-12-9-13-17-41/h5-27,34-35,39,65-66,73H,1-3,28-33,36-38H2,4H3,(H,60,71)(H,61,72)/b49-35-. The van der Waals surface area contributed by atoms with Crippen LogP contribution in [-0.2, 0) is 52.3 Å². The summed E-state index contributed by atoms with van der Waals surface area (Å²) in [6.45, 7) is 7.35. The Hall–Kier alpha value is -10.4. The zero-order valence-corrected chi connectivity index (χ0v) is 43.9. The highest BCUT2D eigenvalue weighted by atomic mass is 16.6. The van der Waals surface area contributed by atoms with Crippen LogP contribution < -0.4 is 20.9 Å². The van der Waals surface area contributed by atoms with Crippen LogP contribution in [0.2, 0.25) is 0 Å². The number of hydrogen-bond acceptors (Lipinski definition) is 20. The zero-order valence-electron chi connectivity index (χ0n) is 43.9. The summed E-state index contributed by atoms with van der Waals surface area (Å²) >= 11 is 0. The maximum Gasteiger partial charge on any atom is 0.407 e. The van der Waals surface area contributed by atoms with Gasteiger partial charge in [0.05, 0.1) is 24.1 Å². The van der Waals surface area contributed by atoms with Gasteiger partial charge in [0.2, 0.25) is 5.88 Å². The molecule has 6 rings (SSSR count). The van der Waals surface area contributed by atoms with E-state index in [1.807, 2.05) is 109 Å². The first-order valence-electron chi connectivity index (χ1n) is 24.9. The second-order valence-electron chi connectivity index (χ2n) is 17.2. The summed E-state index contributed by atoms with van der Waals surface area (Å²) in [5, 5.41) is 26.4. The first-order chi connectivity index (χ1) is 39.2. The number of esters is 4. The number of carbonyl (C=O) groups excluding carboxylic acids is 6. The molecule has 1 atom stereocenters. The summed E-state index contributed by atoms with van der Waals surface area (Å²) in [6, 6.07) is 39.5. The molecule has 1 aromatic heterocycles. The predicted molar refractivity (Wildman–Crippen MR) is 293 cm³/mol. The van der Waals surface area contributed by atoms with Gasteiger partial charge in [-0.15, -0.1) is 0 Å². The fourth-order valence-electron chi connectivity index (χ4n) is 7.23. The molecular formula is C59H58N6O16. The Balaban J connectivity index is 1.24. The average Bonchev–Trinajstić information content (AvgIpc) is 3.52. The van der Waals surface area contributed by atoms with E-state index in [1.54, 1.807) is 5.48 Å². The lowest BCUT2D eigenvalue weighted by molar-refractivity contribution is -0.155. The molecule has 0 spiro atoms. The van der Waals surface area contributed by atoms with Gasteiger partial charge in [-0.1, -0.05) is 129 Å². The molecule has 0 bridgehead atoms. The topological polar surface area (TPSA) is 291 Å². The fraction of sp³-hybridized carbons (Fsp3) is 0.203. The maximum atomic E-state index is 13.8. The van der Waals surface area contributed by atoms with Crippen molar-refractivity contribution in [1.82, 2.24) is 31.1 Å². The second-order valence-corrected chi connectivity index (χ2v) is 17.2. The lowest BCUT2D eigenvalue weighted by Gasteiger charge is -2.30. The summed E-state index contributed by atoms with van der Waals surface area (Å²) < 4.78 is 42.7. The lowest BCUT2D eigenvalue weighted by atomic mass is 9.90. The van der Waals surface area contributed by atoms with E-state index < -0.39 is 73.3 Å². The number of alkyl carbamates (subject to hydrolysis) is 2. The van der Waals surface area contributed by atoms with Crippen molar-refractivity contribution < 1.29 is 77.0 Å². The third-order valence-electron chi connectivity index (χ3n) is 11.3. The minimum Gasteiger partial charge on any atom is -0.507 e. The Labute approximate surface area is 465 Å². The van der Waals surface area contributed by atoms with Crippen molar-refractivity contribution in [2.75, 3.05) is 59.3 Å². The van der Waals surface area contributed by atoms with Gasteiger partial charge in [-0.3, -0.25) is 5.21 Å². The highest BCUT2D eigenvalue weighted by Gasteiger charge is 2.37. The van der Waals surface area contributed by atoms with Gasteiger partial charge >= 0.3 is 36.1 Å². The van der Waals surface area contributed by atoms with E-state index in [4.69, 9.17) is 52.8 Å². The number of benzene rings is 5. The molecule has 0 radical (unpaired) electrons. The molecule has 0 aliphatic carbocycles. The van der Waals surface area contributed by atoms with E-state index in [9.17, 15) is 39.1 Å². The van der Waals surface area contributed by atoms with Crippen molar-refractivity contribution in [2.45, 2.75) is 13.0 Å². The predicted octanol–water partition coefficient (Wildman–Crippen LogP) is 7.69. The van der Waals surface area contributed by atoms with Gasteiger partial charge in [0.1, 0.15) is 57.7 Å². The number of phenolic OH excluding ortho intramolecular Hbond substituents is 1. The Kier molecular flexibility index (Phi) is 22.6. The molecule has 0 fully saturated rings. The number of ether oxygens (including phenoxy) is 8. The molecular weight excluding hydrogens is 1050 g/mol. The van der Waals surface area contributed by atoms with Crippen LogP contribution in [0, 0.1) is 5.41 Å². The van der Waals surface area contributed by atoms with Gasteiger partial charge in [-0.05, 0) is 47.4 Å². The van der Waals surface area contributed by atoms with Gasteiger partial charge in [-0.25, -0.2) is 49.2 Å². The van der Waals surface area contributed by atoms with Gasteiger partial charge in [0.15, 0.2) is 23.6 Å². The molecule has 22 nitrogen and oxygen atoms in total. The number of aromatic nitrogens is 3. The molecule has 0 aliphatic heterocycles. The largest absolute Gasteiger partial charge is 0.507 e. The smallest absolute Gasteiger partial charge is 0.407 e. The Bertz CT molecular complexity index is 3030. The molecule has 0 aliphatic rings. The van der Waals surface area contributed by atoms with Crippen LogP contribution in [0.3, 0.4) is 0 Å². The molecule has 5 N–H and O–H groups in total. The van der Waals surface area contributed by atoms with Gasteiger partial charge in [0.25, 0.3) is 0 Å². The Morgan fingerprint density at radius 2 is 0.951 bits per heavy atom. The van der Waals surface area contributed by atoms with Gasteiger partial charge < -0.3 is 53.6 Å². The molecule has 1 unspecified atom stereocenters. The van der Waals surface area contributed by atoms with Crippen LogP contribution in [0.4, 0.5) is 9.59 Å². The third-order valence-corrected chi connectivity index (χ3v) is 11.3. The van der Waals surface area contributed by atoms with Crippen molar-refractivity contribution in [3.8, 4) is 67.9 Å². The number of aromatic hydroxyl groups is 1. The van der Waals surface area contributed by atoms with E-state index in [0.29, 0.717) is 22.8 Å². The summed E-state index contributed by atoms with van der Waals surface area (Å²) in [7, 11) is 0. The lowest BCUT2D eigenvalue weighted by Crippen LogP contribution is -2.43. The minimum absolute atomic E-state index is 0.0178. The molecule has 81 heavy (non-hydrogen) atoms. The van der Waals surface area contributed by atoms with Crippen molar-refractivity contribution in [3.63, 3.8) is 0 Å². The van der Waals surface area contributed by atoms with Crippen LogP contribution >= 0.6 is 0 Å². The van der Waals surface area contributed by atoms with E-state index in [1.165, 1.54) is 25.1 Å². The summed E-state index contributed by atoms with van der Waals surface area (Å²) in [5.74, 6) is -3.24. The molecule has 6 aromatic rings. The van der Waals surface area contributed by atoms with Crippen molar-refractivity contribution >= 4 is 36.1 Å². The maximum absolute atomic E-state index is 13.8. The Morgan fingerprint density at radius 3 is 1.41 bits per heavy atom. The van der Waals surface area contributed by atoms with E-state index in [0.717, 1.165) is 46.6 Å². The number of hydrogen-bond donors (Lipinski definition) is 5. The number of nitrogens with one attached hydrogen (secondary N) is 3. The first kappa shape index (κ1) is 59.9. The van der Waals surface area contributed by atoms with E-state index in [2.05, 4.69) is 30.4 Å². The number of carbonyl (C=O) groups is 6. The molecule has 2 amide bonds. The molecule has 0 saturated heterocycles. The highest BCUT2D eigenvalue weighted by Crippen LogP contribution is 2.34. The number of hydroxylamine groups is 1. The molecule has 1 heterocycles. The molecule has 22 heteroatoms. The van der Waals surface area contributed by atoms with Gasteiger partial charge in [0, 0.05) is 35.4 Å². The number of phenols is 1. The third kappa shape index (κ3) is 18.7. The summed E-state index contributed by atoms with van der Waals surface area (Å²) in [5.41, 5.74) is 5.52. The number of nitrogens with zero attached hydrogens (tertiary/aromatic N) is 3. The second kappa shape index (κ2) is 30.6. The van der Waals surface area contributed by atoms with Crippen LogP contribution in [0.1, 0.15) is 6.92 Å². The summed E-state index contributed by atoms with van der Waals surface area (Å²) in [6.07, 6.45) is 0.309. The van der Waals surface area contributed by atoms with Crippen LogP contribution in [0.15, 0.2) is 177 Å². The Morgan fingerprint density at radius 1 is 0.531 bits per heavy atom. The van der Waals surface area contributed by atoms with Crippen molar-refractivity contribution in [3.05, 3.63) is 177 Å². The molecule has 5 aromatic carbocycles. The van der Waals surface area contributed by atoms with Crippen LogP contribution in [0.5, 0.6) is 11.5 Å². The van der Waals surface area contributed by atoms with Crippen molar-refractivity contribution in [2.24, 2.45) is 5.41 Å². The summed E-state index contributed by atoms with van der Waals surface area (Å²) in [4.78, 5) is 88.7. The normalized spacial score (nSPS) is 11.3. The fourth-order valence-corrected chi connectivity index (χ4v) is 7.23. The van der Waals surface area contributed by atoms with Crippen LogP contribution in [-0.4, -0.2) is 127 Å². The monoisotopic (exact) mass is 1110 g/mol. The minimum atomic E-state index is -1.91. The van der Waals surface area contributed by atoms with E-state index in [-0.39, 0.29) is 62.4 Å². The number of amides is 2. The quantitative estimate of drug-likeness (QED) is 0.00751. The highest BCUT2D eigenvalue weighted by molar-refractivity contribution is 5.82.